The van der Waals surface area contributed by atoms with Gasteiger partial charge in [0.25, 0.3) is 10.0 Å². The molecule has 0 bridgehead atoms. The number of rotatable bonds is 3. The predicted molar refractivity (Wildman–Crippen MR) is 114 cm³/mol. The van der Waals surface area contributed by atoms with Gasteiger partial charge >= 0.3 is 6.03 Å². The molecule has 1 fully saturated rings. The van der Waals surface area contributed by atoms with Crippen LogP contribution in [0.4, 0.5) is 22.0 Å². The van der Waals surface area contributed by atoms with Crippen LogP contribution in [0.2, 0.25) is 0 Å². The second-order valence-electron chi connectivity index (χ2n) is 8.98. The molecule has 2 aliphatic rings. The number of fused-ring (bicyclic) bond motifs is 1. The minimum Gasteiger partial charge on any atom is -0.393 e. The van der Waals surface area contributed by atoms with Crippen LogP contribution in [0.5, 0.6) is 0 Å². The number of aromatic nitrogens is 2. The molecule has 2 atom stereocenters. The number of nitrogens with zero attached hydrogens (tertiary/aromatic N) is 3. The zero-order chi connectivity index (χ0) is 21.8. The number of hydrogen-bond acceptors (Lipinski definition) is 6. The van der Waals surface area contributed by atoms with Crippen LogP contribution in [0.1, 0.15) is 51.6 Å². The lowest BCUT2D eigenvalue weighted by molar-refractivity contribution is 0.181. The maximum absolute atomic E-state index is 12.2. The third-order valence-corrected chi connectivity index (χ3v) is 6.96. The molecule has 162 valence electrons. The Kier molecular flexibility index (Phi) is 4.81. The number of amides is 2. The van der Waals surface area contributed by atoms with E-state index in [-0.39, 0.29) is 22.5 Å². The molecule has 2 aromatic rings. The van der Waals surface area contributed by atoms with Crippen LogP contribution in [0.25, 0.3) is 0 Å². The average molecular weight is 434 g/mol. The molecule has 0 radical (unpaired) electrons. The van der Waals surface area contributed by atoms with Gasteiger partial charge in [0, 0.05) is 24.7 Å². The molecular weight excluding hydrogens is 406 g/mol. The monoisotopic (exact) mass is 433 g/mol. The number of aliphatic hydroxyl groups is 1. The SMILES string of the molecule is CN1C(=O)NS(=O)(=O)c2ccc(Nc3cc([C@H]4CC[C@@H](O)C4)nn3C(C)(C)C)cc21. The van der Waals surface area contributed by atoms with Gasteiger partial charge in [0.05, 0.1) is 23.0 Å². The van der Waals surface area contributed by atoms with E-state index in [1.165, 1.54) is 18.0 Å². The van der Waals surface area contributed by atoms with E-state index in [0.717, 1.165) is 24.4 Å². The Bertz CT molecular complexity index is 1100. The summed E-state index contributed by atoms with van der Waals surface area (Å²) < 4.78 is 28.4. The van der Waals surface area contributed by atoms with Gasteiger partial charge in [0.1, 0.15) is 10.7 Å². The summed E-state index contributed by atoms with van der Waals surface area (Å²) in [7, 11) is -2.34. The number of nitrogens with one attached hydrogen (secondary N) is 2. The summed E-state index contributed by atoms with van der Waals surface area (Å²) in [6.07, 6.45) is 2.11. The highest BCUT2D eigenvalue weighted by Crippen LogP contribution is 2.37. The standard InChI is InChI=1S/C20H27N5O4S/c1-20(2,3)25-18(11-15(22-25)12-5-7-14(26)9-12)21-13-6-8-17-16(10-13)24(4)19(27)23-30(17,28)29/h6,8,10-12,14,21,26H,5,7,9H2,1-4H3,(H,23,27)/t12-,14+/m0/s1. The van der Waals surface area contributed by atoms with E-state index in [0.29, 0.717) is 17.8 Å². The van der Waals surface area contributed by atoms with Crippen molar-refractivity contribution in [3.63, 3.8) is 0 Å². The third kappa shape index (κ3) is 3.65. The van der Waals surface area contributed by atoms with E-state index in [4.69, 9.17) is 5.10 Å². The molecule has 1 aliphatic carbocycles. The maximum Gasteiger partial charge on any atom is 0.335 e. The molecule has 4 rings (SSSR count). The van der Waals surface area contributed by atoms with Crippen LogP contribution in [0, 0.1) is 0 Å². The molecule has 0 saturated heterocycles. The number of carbonyl (C=O) groups is 1. The first-order chi connectivity index (χ1) is 14.0. The van der Waals surface area contributed by atoms with Gasteiger partial charge in [-0.05, 0) is 58.2 Å². The molecule has 30 heavy (non-hydrogen) atoms. The van der Waals surface area contributed by atoms with Gasteiger partial charge in [-0.1, -0.05) is 0 Å². The number of urea groups is 1. The molecule has 10 heteroatoms. The van der Waals surface area contributed by atoms with Crippen molar-refractivity contribution in [3.05, 3.63) is 30.0 Å². The van der Waals surface area contributed by atoms with Gasteiger partial charge in [-0.15, -0.1) is 0 Å². The zero-order valence-electron chi connectivity index (χ0n) is 17.5. The van der Waals surface area contributed by atoms with Gasteiger partial charge in [-0.3, -0.25) is 4.90 Å². The van der Waals surface area contributed by atoms with Crippen LogP contribution < -0.4 is 14.9 Å². The van der Waals surface area contributed by atoms with Crippen LogP contribution >= 0.6 is 0 Å². The molecule has 2 heterocycles. The van der Waals surface area contributed by atoms with Gasteiger partial charge in [0.15, 0.2) is 0 Å². The molecular formula is C20H27N5O4S. The largest absolute Gasteiger partial charge is 0.393 e. The van der Waals surface area contributed by atoms with Crippen molar-refractivity contribution in [2.75, 3.05) is 17.3 Å². The molecule has 1 saturated carbocycles. The summed E-state index contributed by atoms with van der Waals surface area (Å²) in [6, 6.07) is 6.09. The number of hydrogen-bond donors (Lipinski definition) is 3. The zero-order valence-corrected chi connectivity index (χ0v) is 18.3. The molecule has 9 nitrogen and oxygen atoms in total. The second kappa shape index (κ2) is 6.98. The van der Waals surface area contributed by atoms with Crippen LogP contribution in [0.15, 0.2) is 29.2 Å². The van der Waals surface area contributed by atoms with E-state index in [9.17, 15) is 18.3 Å². The normalized spacial score (nSPS) is 23.2. The Labute approximate surface area is 176 Å². The number of carbonyl (C=O) groups excluding carboxylic acids is 1. The first-order valence-corrected chi connectivity index (χ1v) is 11.4. The van der Waals surface area contributed by atoms with E-state index in [2.05, 4.69) is 26.1 Å². The van der Waals surface area contributed by atoms with Crippen LogP contribution in [-0.4, -0.2) is 42.5 Å². The first-order valence-electron chi connectivity index (χ1n) is 9.96. The van der Waals surface area contributed by atoms with Crippen molar-refractivity contribution in [2.45, 2.75) is 62.5 Å². The van der Waals surface area contributed by atoms with Gasteiger partial charge < -0.3 is 10.4 Å². The first kappa shape index (κ1) is 20.7. The topological polar surface area (TPSA) is 117 Å². The van der Waals surface area contributed by atoms with E-state index >= 15 is 0 Å². The lowest BCUT2D eigenvalue weighted by atomic mass is 10.0. The van der Waals surface area contributed by atoms with Crippen molar-refractivity contribution in [2.24, 2.45) is 0 Å². The molecule has 1 aromatic carbocycles. The quantitative estimate of drug-likeness (QED) is 0.685. The van der Waals surface area contributed by atoms with Gasteiger partial charge in [0.2, 0.25) is 0 Å². The Morgan fingerprint density at radius 3 is 2.60 bits per heavy atom. The lowest BCUT2D eigenvalue weighted by Gasteiger charge is -2.27. The minimum atomic E-state index is -3.87. The summed E-state index contributed by atoms with van der Waals surface area (Å²) in [4.78, 5) is 13.3. The van der Waals surface area contributed by atoms with E-state index < -0.39 is 16.1 Å². The van der Waals surface area contributed by atoms with Crippen molar-refractivity contribution in [1.29, 1.82) is 0 Å². The molecule has 3 N–H and O–H groups in total. The van der Waals surface area contributed by atoms with Crippen molar-refractivity contribution < 1.29 is 18.3 Å². The van der Waals surface area contributed by atoms with Crippen LogP contribution in [0.3, 0.4) is 0 Å². The highest BCUT2D eigenvalue weighted by molar-refractivity contribution is 7.90. The number of aliphatic hydroxyl groups excluding tert-OH is 1. The lowest BCUT2D eigenvalue weighted by Crippen LogP contribution is -2.45. The van der Waals surface area contributed by atoms with Crippen LogP contribution in [-0.2, 0) is 15.6 Å². The molecule has 2 amide bonds. The number of anilines is 3. The number of sulfonamides is 1. The van der Waals surface area contributed by atoms with E-state index in [1.54, 1.807) is 12.1 Å². The molecule has 1 aromatic heterocycles. The Morgan fingerprint density at radius 1 is 1.23 bits per heavy atom. The summed E-state index contributed by atoms with van der Waals surface area (Å²) in [5.41, 5.74) is 1.60. The number of benzene rings is 1. The van der Waals surface area contributed by atoms with Crippen molar-refractivity contribution in [3.8, 4) is 0 Å². The summed E-state index contributed by atoms with van der Waals surface area (Å²) in [6.45, 7) is 6.15. The van der Waals surface area contributed by atoms with E-state index in [1.807, 2.05) is 15.5 Å². The smallest absolute Gasteiger partial charge is 0.335 e. The summed E-state index contributed by atoms with van der Waals surface area (Å²) in [5, 5.41) is 18.0. The highest BCUT2D eigenvalue weighted by Gasteiger charge is 2.32. The molecule has 1 aliphatic heterocycles. The highest BCUT2D eigenvalue weighted by atomic mass is 32.2. The summed E-state index contributed by atoms with van der Waals surface area (Å²) >= 11 is 0. The van der Waals surface area contributed by atoms with Crippen molar-refractivity contribution >= 4 is 33.2 Å². The fourth-order valence-corrected chi connectivity index (χ4v) is 5.20. The van der Waals surface area contributed by atoms with Crippen molar-refractivity contribution in [1.82, 2.24) is 14.5 Å². The molecule has 0 spiro atoms. The second-order valence-corrected chi connectivity index (χ2v) is 10.6. The average Bonchev–Trinajstić information content (AvgIpc) is 3.25. The Balaban J connectivity index is 1.71. The third-order valence-electron chi connectivity index (χ3n) is 5.60. The fourth-order valence-electron chi connectivity index (χ4n) is 4.01. The summed E-state index contributed by atoms with van der Waals surface area (Å²) in [5.74, 6) is 0.984. The van der Waals surface area contributed by atoms with Gasteiger partial charge in [-0.25, -0.2) is 22.6 Å². The minimum absolute atomic E-state index is 0.0557. The predicted octanol–water partition coefficient (Wildman–Crippen LogP) is 2.86. The fraction of sp³-hybridized carbons (Fsp3) is 0.500. The maximum atomic E-state index is 12.2. The Morgan fingerprint density at radius 2 is 1.97 bits per heavy atom. The Hall–Kier alpha value is -2.59. The molecule has 0 unspecified atom stereocenters. The van der Waals surface area contributed by atoms with Gasteiger partial charge in [-0.2, -0.15) is 5.10 Å².